The maximum Gasteiger partial charge on any atom is 0.230 e. The predicted molar refractivity (Wildman–Crippen MR) is 175 cm³/mol. The number of rotatable bonds is 12. The average Bonchev–Trinajstić information content (AvgIpc) is 3.60. The van der Waals surface area contributed by atoms with E-state index >= 15 is 0 Å². The van der Waals surface area contributed by atoms with Gasteiger partial charge in [0.05, 0.1) is 23.9 Å². The highest BCUT2D eigenvalue weighted by atomic mass is 32.1. The normalized spacial score (nSPS) is 18.7. The molecule has 0 radical (unpaired) electrons. The van der Waals surface area contributed by atoms with Gasteiger partial charge in [0.2, 0.25) is 5.95 Å². The second kappa shape index (κ2) is 15.5. The third kappa shape index (κ3) is 8.30. The van der Waals surface area contributed by atoms with Crippen molar-refractivity contribution in [2.24, 2.45) is 0 Å². The first-order valence-corrected chi connectivity index (χ1v) is 16.6. The second-order valence-electron chi connectivity index (χ2n) is 11.5. The molecule has 4 aromatic rings. The van der Waals surface area contributed by atoms with Gasteiger partial charge < -0.3 is 25.3 Å². The number of aryl methyl sites for hydroxylation is 1. The van der Waals surface area contributed by atoms with Crippen molar-refractivity contribution in [3.05, 3.63) is 59.9 Å². The van der Waals surface area contributed by atoms with Gasteiger partial charge in [-0.1, -0.05) is 69.9 Å². The predicted octanol–water partition coefficient (Wildman–Crippen LogP) is 8.00. The van der Waals surface area contributed by atoms with Crippen molar-refractivity contribution >= 4 is 39.3 Å². The summed E-state index contributed by atoms with van der Waals surface area (Å²) < 4.78 is 12.9. The van der Waals surface area contributed by atoms with E-state index in [1.165, 1.54) is 68.6 Å². The van der Waals surface area contributed by atoms with Crippen molar-refractivity contribution in [2.45, 2.75) is 103 Å². The maximum atomic E-state index is 6.17. The highest BCUT2D eigenvalue weighted by Crippen LogP contribution is 2.39. The van der Waals surface area contributed by atoms with Gasteiger partial charge in [-0.05, 0) is 81.3 Å². The fraction of sp³-hybridized carbons (Fsp3) is 0.545. The summed E-state index contributed by atoms with van der Waals surface area (Å²) in [5.74, 6) is 1.55. The number of fused-ring (bicyclic) bond motifs is 1. The van der Waals surface area contributed by atoms with Gasteiger partial charge >= 0.3 is 0 Å². The molecule has 2 fully saturated rings. The Kier molecular flexibility index (Phi) is 11.2. The smallest absolute Gasteiger partial charge is 0.230 e. The number of unbranched alkanes of at least 4 members (excludes halogenated alkanes) is 1. The molecule has 1 aromatic carbocycles. The van der Waals surface area contributed by atoms with Crippen LogP contribution in [0.3, 0.4) is 0 Å². The molecule has 3 aromatic heterocycles. The van der Waals surface area contributed by atoms with E-state index < -0.39 is 0 Å². The zero-order valence-electron chi connectivity index (χ0n) is 25.4. The summed E-state index contributed by atoms with van der Waals surface area (Å²) in [5.41, 5.74) is 4.30. The first-order valence-electron chi connectivity index (χ1n) is 15.8. The molecule has 0 spiro atoms. The monoisotopic (exact) mass is 589 g/mol. The van der Waals surface area contributed by atoms with Crippen LogP contribution in [-0.2, 0) is 11.3 Å². The molecule has 2 aliphatic rings. The molecule has 0 amide bonds. The summed E-state index contributed by atoms with van der Waals surface area (Å²) in [6.07, 6.45) is 13.4. The third-order valence-corrected chi connectivity index (χ3v) is 8.92. The summed E-state index contributed by atoms with van der Waals surface area (Å²) in [6.45, 7) is 9.31. The Morgan fingerprint density at radius 2 is 1.83 bits per heavy atom. The molecule has 0 unspecified atom stereocenters. The largest absolute Gasteiger partial charge is 0.373 e. The van der Waals surface area contributed by atoms with E-state index in [2.05, 4.69) is 75.3 Å². The fourth-order valence-corrected chi connectivity index (χ4v) is 6.33. The average molecular weight is 590 g/mol. The Bertz CT molecular complexity index is 1360. The van der Waals surface area contributed by atoms with Gasteiger partial charge in [-0.25, -0.2) is 4.98 Å². The van der Waals surface area contributed by atoms with Crippen LogP contribution >= 0.6 is 11.5 Å². The Hall–Kier alpha value is -3.01. The van der Waals surface area contributed by atoms with Crippen molar-refractivity contribution in [3.63, 3.8) is 0 Å². The lowest BCUT2D eigenvalue weighted by atomic mass is 9.89. The molecular formula is C33H47N7OS. The van der Waals surface area contributed by atoms with Gasteiger partial charge in [0.15, 0.2) is 5.82 Å². The molecular weight excluding hydrogens is 542 g/mol. The summed E-state index contributed by atoms with van der Waals surface area (Å²) in [7, 11) is 0. The lowest BCUT2D eigenvalue weighted by Crippen LogP contribution is -2.33. The van der Waals surface area contributed by atoms with Gasteiger partial charge in [0.25, 0.3) is 0 Å². The van der Waals surface area contributed by atoms with Gasteiger partial charge in [0.1, 0.15) is 10.5 Å². The molecule has 3 heterocycles. The van der Waals surface area contributed by atoms with E-state index in [9.17, 15) is 0 Å². The molecule has 6 rings (SSSR count). The van der Waals surface area contributed by atoms with Crippen LogP contribution in [0.4, 0.5) is 16.8 Å². The number of benzene rings is 1. The van der Waals surface area contributed by atoms with Gasteiger partial charge in [0, 0.05) is 18.3 Å². The Morgan fingerprint density at radius 1 is 1.02 bits per heavy atom. The molecule has 8 nitrogen and oxygen atoms in total. The van der Waals surface area contributed by atoms with Crippen molar-refractivity contribution < 1.29 is 4.74 Å². The quantitative estimate of drug-likeness (QED) is 0.144. The van der Waals surface area contributed by atoms with Crippen LogP contribution in [-0.4, -0.2) is 44.1 Å². The Morgan fingerprint density at radius 3 is 2.55 bits per heavy atom. The molecule has 3 N–H and O–H groups in total. The number of nitrogens with zero attached hydrogens (tertiary/aromatic N) is 4. The zero-order valence-corrected chi connectivity index (χ0v) is 26.3. The summed E-state index contributed by atoms with van der Waals surface area (Å²) in [4.78, 5) is 9.82. The molecule has 2 aliphatic carbocycles. The lowest BCUT2D eigenvalue weighted by molar-refractivity contribution is -0.0347. The number of anilines is 3. The van der Waals surface area contributed by atoms with E-state index in [0.717, 1.165) is 46.9 Å². The minimum atomic E-state index is 0.295. The zero-order chi connectivity index (χ0) is 29.1. The van der Waals surface area contributed by atoms with Gasteiger partial charge in [-0.3, -0.25) is 0 Å². The summed E-state index contributed by atoms with van der Waals surface area (Å²) >= 11 is 1.44. The molecule has 9 heteroatoms. The van der Waals surface area contributed by atoms with Crippen LogP contribution in [0, 0.1) is 6.92 Å². The molecule has 0 saturated heterocycles. The van der Waals surface area contributed by atoms with E-state index in [0.29, 0.717) is 30.7 Å². The number of hydrogen-bond acceptors (Lipinski definition) is 8. The lowest BCUT2D eigenvalue weighted by Gasteiger charge is -2.37. The third-order valence-electron chi connectivity index (χ3n) is 8.12. The first-order chi connectivity index (χ1) is 20.6. The minimum Gasteiger partial charge on any atom is -0.373 e. The van der Waals surface area contributed by atoms with E-state index in [1.807, 2.05) is 19.1 Å². The van der Waals surface area contributed by atoms with Gasteiger partial charge in [-0.2, -0.15) is 9.36 Å². The van der Waals surface area contributed by atoms with E-state index in [-0.39, 0.29) is 0 Å². The number of aromatic nitrogens is 4. The van der Waals surface area contributed by atoms with Crippen LogP contribution in [0.15, 0.2) is 48.7 Å². The molecule has 0 aliphatic heterocycles. The Balaban J connectivity index is 0.000000451. The second-order valence-corrected chi connectivity index (χ2v) is 12.3. The van der Waals surface area contributed by atoms with Gasteiger partial charge in [-0.15, -0.1) is 0 Å². The van der Waals surface area contributed by atoms with Crippen LogP contribution in [0.25, 0.3) is 11.0 Å². The summed E-state index contributed by atoms with van der Waals surface area (Å²) in [6, 6.07) is 15.4. The molecule has 2 saturated carbocycles. The molecule has 226 valence electrons. The van der Waals surface area contributed by atoms with E-state index in [1.54, 1.807) is 0 Å². The molecule has 0 atom stereocenters. The Labute approximate surface area is 254 Å². The van der Waals surface area contributed by atoms with Crippen molar-refractivity contribution in [1.29, 1.82) is 0 Å². The topological polar surface area (TPSA) is 88.9 Å². The summed E-state index contributed by atoms with van der Waals surface area (Å²) in [5, 5.41) is 11.4. The van der Waals surface area contributed by atoms with E-state index in [4.69, 9.17) is 14.7 Å². The van der Waals surface area contributed by atoms with Crippen LogP contribution < -0.4 is 16.0 Å². The SMILES string of the molecule is CCCCNCC.Cc1cc(Nc2nc(NC3CCCCC3)c3c(ccn3C3CC(OCc4ccccc4)C3)n2)sn1. The number of hydrogen-bond donors (Lipinski definition) is 3. The number of ether oxygens (including phenoxy) is 1. The standard InChI is InChI=1S/C27H32N6OS.C6H15N/c1-18-14-24(35-32-18)30-27-29-23-12-13-33(25(23)26(31-27)28-20-10-6-3-7-11-20)21-15-22(16-21)34-17-19-8-4-2-5-9-19;1-3-5-6-7-4-2/h2,4-5,8-9,12-14,20-22H,3,6-7,10-11,15-17H2,1H3,(H2,28,29,30,31);7H,3-6H2,1-2H3. The van der Waals surface area contributed by atoms with Crippen LogP contribution in [0.5, 0.6) is 0 Å². The van der Waals surface area contributed by atoms with Crippen molar-refractivity contribution in [1.82, 2.24) is 24.2 Å². The highest BCUT2D eigenvalue weighted by molar-refractivity contribution is 7.10. The maximum absolute atomic E-state index is 6.17. The minimum absolute atomic E-state index is 0.295. The van der Waals surface area contributed by atoms with Crippen LogP contribution in [0.1, 0.15) is 88.9 Å². The highest BCUT2D eigenvalue weighted by Gasteiger charge is 2.33. The van der Waals surface area contributed by atoms with Crippen molar-refractivity contribution in [2.75, 3.05) is 23.7 Å². The van der Waals surface area contributed by atoms with Crippen molar-refractivity contribution in [3.8, 4) is 0 Å². The molecule has 0 bridgehead atoms. The fourth-order valence-electron chi connectivity index (χ4n) is 5.67. The first kappa shape index (κ1) is 30.4. The van der Waals surface area contributed by atoms with Crippen LogP contribution in [0.2, 0.25) is 0 Å². The number of nitrogens with one attached hydrogen (secondary N) is 3. The molecule has 42 heavy (non-hydrogen) atoms.